The van der Waals surface area contributed by atoms with E-state index < -0.39 is 15.9 Å². The van der Waals surface area contributed by atoms with Crippen LogP contribution in [-0.2, 0) is 21.4 Å². The van der Waals surface area contributed by atoms with Gasteiger partial charge in [0.25, 0.3) is 0 Å². The number of nitrogens with one attached hydrogen (secondary N) is 2. The van der Waals surface area contributed by atoms with Crippen LogP contribution in [0.3, 0.4) is 0 Å². The Morgan fingerprint density at radius 1 is 0.889 bits per heavy atom. The predicted octanol–water partition coefficient (Wildman–Crippen LogP) is 4.96. The van der Waals surface area contributed by atoms with Gasteiger partial charge in [0, 0.05) is 46.9 Å². The van der Waals surface area contributed by atoms with Gasteiger partial charge in [-0.25, -0.2) is 8.42 Å². The maximum absolute atomic E-state index is 13.3. The van der Waals surface area contributed by atoms with Gasteiger partial charge in [0.05, 0.1) is 17.0 Å². The van der Waals surface area contributed by atoms with E-state index in [0.717, 1.165) is 26.5 Å². The average molecular weight is 543 g/mol. The minimum atomic E-state index is -3.93. The Balaban J connectivity index is 1.40. The van der Waals surface area contributed by atoms with Crippen LogP contribution in [0.15, 0.2) is 90.0 Å². The van der Waals surface area contributed by atoms with E-state index in [1.54, 1.807) is 18.3 Å². The molecule has 0 saturated heterocycles. The molecule has 10 heteroatoms. The monoisotopic (exact) mass is 542 g/mol. The van der Waals surface area contributed by atoms with Crippen molar-refractivity contribution < 1.29 is 13.2 Å². The van der Waals surface area contributed by atoms with Crippen molar-refractivity contribution in [2.45, 2.75) is 11.4 Å². The maximum Gasteiger partial charge on any atom is 0.243 e. The molecule has 36 heavy (non-hydrogen) atoms. The molecule has 0 unspecified atom stereocenters. The van der Waals surface area contributed by atoms with E-state index in [1.807, 2.05) is 42.5 Å². The van der Waals surface area contributed by atoms with Crippen molar-refractivity contribution in [3.05, 3.63) is 101 Å². The minimum absolute atomic E-state index is 0.0586. The van der Waals surface area contributed by atoms with Gasteiger partial charge in [-0.3, -0.25) is 9.78 Å². The summed E-state index contributed by atoms with van der Waals surface area (Å²) in [5.74, 6) is -0.406. The molecule has 0 atom stereocenters. The maximum atomic E-state index is 13.3. The van der Waals surface area contributed by atoms with Gasteiger partial charge in [-0.2, -0.15) is 4.31 Å². The second kappa shape index (κ2) is 11.7. The van der Waals surface area contributed by atoms with Crippen LogP contribution in [0.1, 0.15) is 5.56 Å². The number of fused-ring (bicyclic) bond motifs is 1. The molecule has 2 N–H and O–H groups in total. The summed E-state index contributed by atoms with van der Waals surface area (Å²) in [6, 6.07) is 22.3. The van der Waals surface area contributed by atoms with E-state index in [2.05, 4.69) is 15.6 Å². The number of aromatic nitrogens is 1. The number of benzene rings is 3. The Morgan fingerprint density at radius 2 is 1.61 bits per heavy atom. The summed E-state index contributed by atoms with van der Waals surface area (Å²) in [6.45, 7) is 0.478. The first-order valence-electron chi connectivity index (χ1n) is 11.2. The summed E-state index contributed by atoms with van der Waals surface area (Å²) in [7, 11) is -3.93. The third-order valence-electron chi connectivity index (χ3n) is 5.44. The van der Waals surface area contributed by atoms with Crippen LogP contribution >= 0.6 is 23.2 Å². The quantitative estimate of drug-likeness (QED) is 0.276. The minimum Gasteiger partial charge on any atom is -0.383 e. The second-order valence-corrected chi connectivity index (χ2v) is 10.8. The lowest BCUT2D eigenvalue weighted by Gasteiger charge is -2.22. The number of anilines is 1. The Kier molecular flexibility index (Phi) is 8.43. The third-order valence-corrected chi connectivity index (χ3v) is 7.73. The highest BCUT2D eigenvalue weighted by Gasteiger charge is 2.26. The largest absolute Gasteiger partial charge is 0.383 e. The number of rotatable bonds is 10. The van der Waals surface area contributed by atoms with Crippen molar-refractivity contribution in [3.8, 4) is 0 Å². The topological polar surface area (TPSA) is 91.4 Å². The van der Waals surface area contributed by atoms with Crippen LogP contribution in [0, 0.1) is 0 Å². The Labute approximate surface area is 220 Å². The van der Waals surface area contributed by atoms with Gasteiger partial charge in [0.15, 0.2) is 0 Å². The molecule has 0 bridgehead atoms. The fourth-order valence-corrected chi connectivity index (χ4v) is 5.34. The summed E-state index contributed by atoms with van der Waals surface area (Å²) in [5, 5.41) is 8.02. The zero-order valence-corrected chi connectivity index (χ0v) is 21.5. The molecule has 0 aliphatic rings. The van der Waals surface area contributed by atoms with E-state index >= 15 is 0 Å². The Hall–Kier alpha value is -3.17. The van der Waals surface area contributed by atoms with Crippen LogP contribution in [-0.4, -0.2) is 43.2 Å². The molecule has 4 rings (SSSR count). The van der Waals surface area contributed by atoms with Crippen molar-refractivity contribution >= 4 is 55.7 Å². The molecule has 0 aliphatic carbocycles. The highest BCUT2D eigenvalue weighted by molar-refractivity contribution is 7.89. The zero-order valence-electron chi connectivity index (χ0n) is 19.2. The molecule has 7 nitrogen and oxygen atoms in total. The molecule has 0 fully saturated rings. The molecule has 4 aromatic rings. The molecule has 0 aliphatic heterocycles. The van der Waals surface area contributed by atoms with Crippen molar-refractivity contribution in [1.82, 2.24) is 14.6 Å². The zero-order chi connectivity index (χ0) is 25.5. The highest BCUT2D eigenvalue weighted by Crippen LogP contribution is 2.24. The summed E-state index contributed by atoms with van der Waals surface area (Å²) in [5.41, 5.74) is 2.40. The summed E-state index contributed by atoms with van der Waals surface area (Å²) in [4.78, 5) is 17.1. The van der Waals surface area contributed by atoms with Gasteiger partial charge in [-0.05, 0) is 54.1 Å². The standard InChI is InChI=1S/C26H24Cl2N4O3S/c27-20-6-9-22(10-7-20)36(34,35)32(17-19-4-2-1-3-5-19)18-26(33)31-15-14-30-24-12-13-29-25-16-21(28)8-11-23(24)25/h1-13,16H,14-15,17-18H2,(H,29,30)(H,31,33). The van der Waals surface area contributed by atoms with Crippen molar-refractivity contribution in [2.24, 2.45) is 0 Å². The first-order valence-corrected chi connectivity index (χ1v) is 13.4. The van der Waals surface area contributed by atoms with Gasteiger partial charge in [0.1, 0.15) is 0 Å². The molecule has 1 amide bonds. The molecular formula is C26H24Cl2N4O3S. The summed E-state index contributed by atoms with van der Waals surface area (Å²) < 4.78 is 27.8. The SMILES string of the molecule is O=C(CN(Cc1ccccc1)S(=O)(=O)c1ccc(Cl)cc1)NCCNc1ccnc2cc(Cl)ccc12. The van der Waals surface area contributed by atoms with Crippen LogP contribution in [0.5, 0.6) is 0 Å². The Morgan fingerprint density at radius 3 is 2.36 bits per heavy atom. The van der Waals surface area contributed by atoms with Crippen LogP contribution < -0.4 is 10.6 Å². The lowest BCUT2D eigenvalue weighted by molar-refractivity contribution is -0.121. The molecule has 3 aromatic carbocycles. The number of hydrogen-bond donors (Lipinski definition) is 2. The number of carbonyl (C=O) groups is 1. The van der Waals surface area contributed by atoms with Gasteiger partial charge < -0.3 is 10.6 Å². The van der Waals surface area contributed by atoms with Crippen LogP contribution in [0.2, 0.25) is 10.0 Å². The number of halogens is 2. The van der Waals surface area contributed by atoms with E-state index in [1.165, 1.54) is 24.3 Å². The number of carbonyl (C=O) groups excluding carboxylic acids is 1. The van der Waals surface area contributed by atoms with Crippen molar-refractivity contribution in [3.63, 3.8) is 0 Å². The molecule has 0 radical (unpaired) electrons. The number of hydrogen-bond acceptors (Lipinski definition) is 5. The predicted molar refractivity (Wildman–Crippen MR) is 144 cm³/mol. The van der Waals surface area contributed by atoms with Gasteiger partial charge >= 0.3 is 0 Å². The highest BCUT2D eigenvalue weighted by atomic mass is 35.5. The second-order valence-electron chi connectivity index (χ2n) is 8.01. The first-order chi connectivity index (χ1) is 17.3. The average Bonchev–Trinajstić information content (AvgIpc) is 2.87. The normalized spacial score (nSPS) is 11.5. The fourth-order valence-electron chi connectivity index (χ4n) is 3.66. The van der Waals surface area contributed by atoms with E-state index in [9.17, 15) is 13.2 Å². The number of pyridine rings is 1. The first kappa shape index (κ1) is 25.9. The molecule has 0 spiro atoms. The lowest BCUT2D eigenvalue weighted by atomic mass is 10.2. The third kappa shape index (κ3) is 6.53. The van der Waals surface area contributed by atoms with Crippen molar-refractivity contribution in [1.29, 1.82) is 0 Å². The molecule has 1 aromatic heterocycles. The molecular weight excluding hydrogens is 519 g/mol. The van der Waals surface area contributed by atoms with E-state index in [-0.39, 0.29) is 18.0 Å². The van der Waals surface area contributed by atoms with E-state index in [4.69, 9.17) is 23.2 Å². The Bertz CT molecular complexity index is 1450. The number of sulfonamides is 1. The van der Waals surface area contributed by atoms with Gasteiger partial charge in [-0.15, -0.1) is 0 Å². The van der Waals surface area contributed by atoms with Gasteiger partial charge in [-0.1, -0.05) is 53.5 Å². The summed E-state index contributed by atoms with van der Waals surface area (Å²) in [6.07, 6.45) is 1.68. The van der Waals surface area contributed by atoms with Crippen LogP contribution in [0.4, 0.5) is 5.69 Å². The molecule has 186 valence electrons. The summed E-state index contributed by atoms with van der Waals surface area (Å²) >= 11 is 12.0. The van der Waals surface area contributed by atoms with Crippen LogP contribution in [0.25, 0.3) is 10.9 Å². The number of amides is 1. The fraction of sp³-hybridized carbons (Fsp3) is 0.154. The number of nitrogens with zero attached hydrogens (tertiary/aromatic N) is 2. The molecule has 0 saturated carbocycles. The van der Waals surface area contributed by atoms with Crippen molar-refractivity contribution in [2.75, 3.05) is 25.0 Å². The smallest absolute Gasteiger partial charge is 0.243 e. The van der Waals surface area contributed by atoms with E-state index in [0.29, 0.717) is 23.1 Å². The molecule has 1 heterocycles. The van der Waals surface area contributed by atoms with Gasteiger partial charge in [0.2, 0.25) is 15.9 Å². The lowest BCUT2D eigenvalue weighted by Crippen LogP contribution is -2.41.